The van der Waals surface area contributed by atoms with E-state index in [0.717, 1.165) is 5.69 Å². The van der Waals surface area contributed by atoms with Crippen LogP contribution in [0.3, 0.4) is 0 Å². The fourth-order valence-corrected chi connectivity index (χ4v) is 5.02. The molecule has 13 nitrogen and oxygen atoms in total. The molecular formula is C25H22BrN9O4. The molecule has 1 fully saturated rings. The molecule has 1 aromatic carbocycles. The summed E-state index contributed by atoms with van der Waals surface area (Å²) in [5.41, 5.74) is 2.65. The normalized spacial score (nSPS) is 15.6. The maximum absolute atomic E-state index is 11.5. The van der Waals surface area contributed by atoms with E-state index in [-0.39, 0.29) is 13.2 Å². The van der Waals surface area contributed by atoms with Gasteiger partial charge in [0.1, 0.15) is 35.5 Å². The molecule has 5 heterocycles. The molecule has 6 rings (SSSR count). The van der Waals surface area contributed by atoms with Gasteiger partial charge in [0.15, 0.2) is 11.5 Å². The Bertz CT molecular complexity index is 1660. The standard InChI is InChI=1S/C25H22BrN9O4/c26-19-10-20-22(32-24(19)33-7-8-34(25(37)38)16(11-33)12-36)23(29-13-27-20)31-15-1-3-17(4-2-15)39-18-5-6-35-21(9-18)28-14-30-35/h1-6,9-10,13-14,16,36H,7-8,11-12H2,(H,37,38)(H,27,29,31)/t16-/m0/s1. The third-order valence-corrected chi connectivity index (χ3v) is 6.97. The minimum atomic E-state index is -1.05. The topological polar surface area (TPSA) is 154 Å². The molecule has 1 aliphatic rings. The summed E-state index contributed by atoms with van der Waals surface area (Å²) in [6, 6.07) is 12.3. The highest BCUT2D eigenvalue weighted by atomic mass is 79.9. The minimum Gasteiger partial charge on any atom is -0.465 e. The van der Waals surface area contributed by atoms with Crippen LogP contribution in [0.1, 0.15) is 0 Å². The lowest BCUT2D eigenvalue weighted by Gasteiger charge is -2.40. The average molecular weight is 592 g/mol. The van der Waals surface area contributed by atoms with Crippen LogP contribution in [0.15, 0.2) is 65.8 Å². The second-order valence-corrected chi connectivity index (χ2v) is 9.67. The van der Waals surface area contributed by atoms with Gasteiger partial charge in [-0.15, -0.1) is 0 Å². The van der Waals surface area contributed by atoms with Crippen LogP contribution >= 0.6 is 15.9 Å². The van der Waals surface area contributed by atoms with E-state index >= 15 is 0 Å². The molecule has 0 unspecified atom stereocenters. The Morgan fingerprint density at radius 1 is 1.08 bits per heavy atom. The molecule has 1 aliphatic heterocycles. The molecule has 0 spiro atoms. The quantitative estimate of drug-likeness (QED) is 0.265. The van der Waals surface area contributed by atoms with Gasteiger partial charge in [-0.2, -0.15) is 5.10 Å². The number of rotatable bonds is 6. The first-order chi connectivity index (χ1) is 19.0. The number of carboxylic acid groups (broad SMARTS) is 1. The van der Waals surface area contributed by atoms with Gasteiger partial charge in [-0.3, -0.25) is 4.90 Å². The summed E-state index contributed by atoms with van der Waals surface area (Å²) in [6.45, 7) is 0.715. The number of piperazine rings is 1. The molecule has 1 amide bonds. The smallest absolute Gasteiger partial charge is 0.407 e. The van der Waals surface area contributed by atoms with Crippen LogP contribution in [0.25, 0.3) is 16.7 Å². The van der Waals surface area contributed by atoms with Crippen LogP contribution < -0.4 is 15.0 Å². The van der Waals surface area contributed by atoms with Crippen molar-refractivity contribution in [3.05, 3.63) is 65.8 Å². The van der Waals surface area contributed by atoms with E-state index in [0.29, 0.717) is 57.4 Å². The van der Waals surface area contributed by atoms with E-state index < -0.39 is 12.1 Å². The second-order valence-electron chi connectivity index (χ2n) is 8.82. The number of fused-ring (bicyclic) bond motifs is 2. The third-order valence-electron chi connectivity index (χ3n) is 6.39. The van der Waals surface area contributed by atoms with E-state index in [1.165, 1.54) is 17.6 Å². The molecular weight excluding hydrogens is 570 g/mol. The Labute approximate surface area is 229 Å². The van der Waals surface area contributed by atoms with Crippen molar-refractivity contribution in [2.24, 2.45) is 0 Å². The van der Waals surface area contributed by atoms with Crippen molar-refractivity contribution in [3.8, 4) is 11.5 Å². The Morgan fingerprint density at radius 2 is 1.92 bits per heavy atom. The van der Waals surface area contributed by atoms with Gasteiger partial charge >= 0.3 is 6.09 Å². The van der Waals surface area contributed by atoms with Crippen molar-refractivity contribution in [3.63, 3.8) is 0 Å². The molecule has 3 N–H and O–H groups in total. The van der Waals surface area contributed by atoms with Crippen molar-refractivity contribution in [2.45, 2.75) is 6.04 Å². The van der Waals surface area contributed by atoms with Crippen LogP contribution in [0.5, 0.6) is 11.5 Å². The first kappa shape index (κ1) is 24.8. The number of aliphatic hydroxyl groups is 1. The first-order valence-corrected chi connectivity index (χ1v) is 12.8. The zero-order chi connectivity index (χ0) is 26.9. The number of aliphatic hydroxyl groups excluding tert-OH is 1. The van der Waals surface area contributed by atoms with E-state index in [1.54, 1.807) is 16.8 Å². The third kappa shape index (κ3) is 4.98. The molecule has 0 saturated carbocycles. The van der Waals surface area contributed by atoms with Gasteiger partial charge in [-0.05, 0) is 52.3 Å². The Kier molecular flexibility index (Phi) is 6.54. The fraction of sp³-hybridized carbons (Fsp3) is 0.200. The molecule has 14 heteroatoms. The Hall–Kier alpha value is -4.56. The SMILES string of the molecule is O=C(O)N1CCN(c2nc3c(Nc4ccc(Oc5ccn6ncnc6c5)cc4)ncnc3cc2Br)C[C@H]1CO. The zero-order valence-corrected chi connectivity index (χ0v) is 21.9. The van der Waals surface area contributed by atoms with Crippen LogP contribution in [-0.2, 0) is 0 Å². The lowest BCUT2D eigenvalue weighted by molar-refractivity contribution is 0.0909. The fourth-order valence-electron chi connectivity index (χ4n) is 4.46. The number of ether oxygens (including phenoxy) is 1. The number of hydrogen-bond acceptors (Lipinski definition) is 10. The number of halogens is 1. The molecule has 0 bridgehead atoms. The zero-order valence-electron chi connectivity index (χ0n) is 20.3. The van der Waals surface area contributed by atoms with E-state index in [2.05, 4.69) is 41.3 Å². The second kappa shape index (κ2) is 10.3. The molecule has 1 atom stereocenters. The number of anilines is 3. The largest absolute Gasteiger partial charge is 0.465 e. The minimum absolute atomic E-state index is 0.254. The predicted molar refractivity (Wildman–Crippen MR) is 146 cm³/mol. The van der Waals surface area contributed by atoms with Crippen LogP contribution in [-0.4, -0.2) is 83.0 Å². The molecule has 0 radical (unpaired) electrons. The monoisotopic (exact) mass is 591 g/mol. The van der Waals surface area contributed by atoms with Crippen molar-refractivity contribution < 1.29 is 19.7 Å². The summed E-state index contributed by atoms with van der Waals surface area (Å²) in [7, 11) is 0. The van der Waals surface area contributed by atoms with Gasteiger partial charge in [0.05, 0.1) is 22.6 Å². The maximum atomic E-state index is 11.5. The van der Waals surface area contributed by atoms with Crippen LogP contribution in [0.4, 0.5) is 22.1 Å². The highest BCUT2D eigenvalue weighted by molar-refractivity contribution is 9.10. The van der Waals surface area contributed by atoms with Crippen LogP contribution in [0, 0.1) is 0 Å². The number of nitrogens with zero attached hydrogens (tertiary/aromatic N) is 8. The number of benzene rings is 1. The first-order valence-electron chi connectivity index (χ1n) is 12.0. The number of pyridine rings is 2. The molecule has 0 aliphatic carbocycles. The number of hydrogen-bond donors (Lipinski definition) is 3. The molecule has 198 valence electrons. The average Bonchev–Trinajstić information content (AvgIpc) is 3.41. The van der Waals surface area contributed by atoms with Crippen molar-refractivity contribution >= 4 is 56.0 Å². The van der Waals surface area contributed by atoms with Gasteiger partial charge in [-0.25, -0.2) is 29.2 Å². The highest BCUT2D eigenvalue weighted by Crippen LogP contribution is 2.32. The number of amides is 1. The summed E-state index contributed by atoms with van der Waals surface area (Å²) in [5.74, 6) is 2.44. The molecule has 5 aromatic rings. The summed E-state index contributed by atoms with van der Waals surface area (Å²) in [4.78, 5) is 32.5. The van der Waals surface area contributed by atoms with Gasteiger partial charge in [0.25, 0.3) is 0 Å². The molecule has 39 heavy (non-hydrogen) atoms. The van der Waals surface area contributed by atoms with E-state index in [4.69, 9.17) is 9.72 Å². The lowest BCUT2D eigenvalue weighted by Crippen LogP contribution is -2.56. The predicted octanol–water partition coefficient (Wildman–Crippen LogP) is 3.53. The van der Waals surface area contributed by atoms with Crippen molar-refractivity contribution in [1.29, 1.82) is 0 Å². The number of nitrogens with one attached hydrogen (secondary N) is 1. The summed E-state index contributed by atoms with van der Waals surface area (Å²) >= 11 is 3.58. The summed E-state index contributed by atoms with van der Waals surface area (Å²) in [5, 5.41) is 26.6. The number of carbonyl (C=O) groups is 1. The molecule has 1 saturated heterocycles. The highest BCUT2D eigenvalue weighted by Gasteiger charge is 2.31. The van der Waals surface area contributed by atoms with Crippen LogP contribution in [0.2, 0.25) is 0 Å². The van der Waals surface area contributed by atoms with Gasteiger partial charge < -0.3 is 25.2 Å². The Morgan fingerprint density at radius 3 is 2.72 bits per heavy atom. The van der Waals surface area contributed by atoms with E-state index in [1.807, 2.05) is 41.3 Å². The van der Waals surface area contributed by atoms with Gasteiger partial charge in [-0.1, -0.05) is 0 Å². The molecule has 4 aromatic heterocycles. The number of aromatic nitrogens is 6. The Balaban J connectivity index is 1.23. The van der Waals surface area contributed by atoms with E-state index in [9.17, 15) is 15.0 Å². The summed E-state index contributed by atoms with van der Waals surface area (Å²) < 4.78 is 8.32. The van der Waals surface area contributed by atoms with Gasteiger partial charge in [0.2, 0.25) is 0 Å². The van der Waals surface area contributed by atoms with Crippen molar-refractivity contribution in [1.82, 2.24) is 34.4 Å². The lowest BCUT2D eigenvalue weighted by atomic mass is 10.2. The van der Waals surface area contributed by atoms with Gasteiger partial charge in [0, 0.05) is 37.6 Å². The maximum Gasteiger partial charge on any atom is 0.407 e. The van der Waals surface area contributed by atoms with Crippen molar-refractivity contribution in [2.75, 3.05) is 36.5 Å². The summed E-state index contributed by atoms with van der Waals surface area (Å²) in [6.07, 6.45) is 3.68.